The van der Waals surface area contributed by atoms with Gasteiger partial charge in [-0.2, -0.15) is 4.65 Å². The van der Waals surface area contributed by atoms with Gasteiger partial charge in [-0.3, -0.25) is 4.84 Å². The van der Waals surface area contributed by atoms with Gasteiger partial charge in [0.25, 0.3) is 0 Å². The van der Waals surface area contributed by atoms with Crippen molar-refractivity contribution in [2.75, 3.05) is 0 Å². The van der Waals surface area contributed by atoms with Gasteiger partial charge in [0.2, 0.25) is 0 Å². The molecular formula is C7H11N3O2. The molecule has 0 radical (unpaired) electrons. The van der Waals surface area contributed by atoms with Crippen molar-refractivity contribution >= 4 is 5.97 Å². The summed E-state index contributed by atoms with van der Waals surface area (Å²) in [6.07, 6.45) is 6.52. The van der Waals surface area contributed by atoms with E-state index in [2.05, 4.69) is 0 Å². The molecule has 0 aromatic carbocycles. The summed E-state index contributed by atoms with van der Waals surface area (Å²) in [6, 6.07) is 0. The molecule has 0 spiro atoms. The second kappa shape index (κ2) is 3.06. The van der Waals surface area contributed by atoms with Crippen molar-refractivity contribution in [3.05, 3.63) is 30.8 Å². The minimum atomic E-state index is -0.445. The fourth-order valence-corrected chi connectivity index (χ4v) is 0.903. The highest BCUT2D eigenvalue weighted by atomic mass is 16.7. The Hall–Kier alpha value is -1.17. The number of nitrogens with zero attached hydrogens (tertiary/aromatic N) is 1. The number of carbonyl (C=O) groups excluding carboxylic acids is 1. The topological polar surface area (TPSA) is 78.3 Å². The molecule has 5 nitrogen and oxygen atoms in total. The summed E-state index contributed by atoms with van der Waals surface area (Å²) in [5, 5.41) is 0. The Bertz CT molecular complexity index is 233. The fourth-order valence-electron chi connectivity index (χ4n) is 0.903. The van der Waals surface area contributed by atoms with Crippen molar-refractivity contribution in [2.45, 2.75) is 6.92 Å². The Morgan fingerprint density at radius 1 is 1.42 bits per heavy atom. The predicted molar refractivity (Wildman–Crippen MR) is 41.9 cm³/mol. The van der Waals surface area contributed by atoms with E-state index in [1.165, 1.54) is 6.92 Å². The standard InChI is InChI=1S/C7H11N3O2/c1-6(11)12-10(7(8)9)4-2-3-5-10/h2-5H,8-9H2,1H3. The second-order valence-electron chi connectivity index (χ2n) is 2.40. The van der Waals surface area contributed by atoms with Crippen LogP contribution >= 0.6 is 0 Å². The van der Waals surface area contributed by atoms with Crippen LogP contribution in [0.15, 0.2) is 24.6 Å². The van der Waals surface area contributed by atoms with Crippen molar-refractivity contribution in [3.8, 4) is 0 Å². The fraction of sp³-hybridized carbons (Fsp3) is 0.143. The summed E-state index contributed by atoms with van der Waals surface area (Å²) in [4.78, 5) is 15.6. The first-order valence-corrected chi connectivity index (χ1v) is 3.41. The number of quaternary nitrogens is 1. The van der Waals surface area contributed by atoms with Crippen LogP contribution in [-0.2, 0) is 9.63 Å². The van der Waals surface area contributed by atoms with E-state index in [1.807, 2.05) is 0 Å². The lowest BCUT2D eigenvalue weighted by Crippen LogP contribution is -2.50. The highest BCUT2D eigenvalue weighted by Gasteiger charge is 2.25. The van der Waals surface area contributed by atoms with Gasteiger partial charge in [-0.25, -0.2) is 4.79 Å². The number of rotatable bonds is 2. The van der Waals surface area contributed by atoms with Crippen molar-refractivity contribution in [2.24, 2.45) is 11.5 Å². The molecule has 0 unspecified atom stereocenters. The third-order valence-corrected chi connectivity index (χ3v) is 1.41. The van der Waals surface area contributed by atoms with E-state index in [1.54, 1.807) is 24.6 Å². The van der Waals surface area contributed by atoms with Crippen LogP contribution in [0.3, 0.4) is 0 Å². The van der Waals surface area contributed by atoms with E-state index in [4.69, 9.17) is 16.3 Å². The molecule has 0 atom stereocenters. The third kappa shape index (κ3) is 1.53. The largest absolute Gasteiger partial charge is 0.412 e. The Kier molecular flexibility index (Phi) is 2.27. The molecule has 0 bridgehead atoms. The van der Waals surface area contributed by atoms with Gasteiger partial charge in [-0.05, 0) is 12.2 Å². The zero-order valence-corrected chi connectivity index (χ0v) is 6.73. The predicted octanol–water partition coefficient (Wildman–Crippen LogP) is -0.313. The Morgan fingerprint density at radius 3 is 2.25 bits per heavy atom. The van der Waals surface area contributed by atoms with Gasteiger partial charge in [0.1, 0.15) is 12.4 Å². The van der Waals surface area contributed by atoms with Crippen molar-refractivity contribution < 1.29 is 14.3 Å². The molecular weight excluding hydrogens is 158 g/mol. The zero-order chi connectivity index (χ0) is 9.19. The van der Waals surface area contributed by atoms with Crippen LogP contribution in [0.25, 0.3) is 0 Å². The molecule has 0 aromatic heterocycles. The van der Waals surface area contributed by atoms with Crippen LogP contribution in [0.2, 0.25) is 0 Å². The lowest BCUT2D eigenvalue weighted by atomic mass is 10.6. The van der Waals surface area contributed by atoms with Crippen LogP contribution in [0, 0.1) is 6.29 Å². The summed E-state index contributed by atoms with van der Waals surface area (Å²) >= 11 is 0. The Balaban J connectivity index is 2.81. The van der Waals surface area contributed by atoms with Crippen molar-refractivity contribution in [1.82, 2.24) is 0 Å². The first kappa shape index (κ1) is 8.92. The smallest absolute Gasteiger partial charge is 0.361 e. The first-order chi connectivity index (χ1) is 5.57. The molecule has 66 valence electrons. The zero-order valence-electron chi connectivity index (χ0n) is 6.73. The van der Waals surface area contributed by atoms with Gasteiger partial charge < -0.3 is 11.5 Å². The summed E-state index contributed by atoms with van der Waals surface area (Å²) in [6.45, 7) is 1.29. The van der Waals surface area contributed by atoms with Gasteiger partial charge in [0, 0.05) is 6.92 Å². The summed E-state index contributed by atoms with van der Waals surface area (Å²) in [5.74, 6) is -0.445. The Labute approximate surface area is 70.4 Å². The third-order valence-electron chi connectivity index (χ3n) is 1.41. The normalized spacial score (nSPS) is 18.7. The monoisotopic (exact) mass is 169 g/mol. The van der Waals surface area contributed by atoms with E-state index < -0.39 is 5.97 Å². The van der Waals surface area contributed by atoms with Crippen LogP contribution < -0.4 is 11.5 Å². The van der Waals surface area contributed by atoms with Gasteiger partial charge in [0.15, 0.2) is 0 Å². The lowest BCUT2D eigenvalue weighted by Gasteiger charge is -2.37. The molecule has 5 heteroatoms. The minimum Gasteiger partial charge on any atom is -0.412 e. The highest BCUT2D eigenvalue weighted by molar-refractivity contribution is 5.65. The maximum atomic E-state index is 10.7. The number of hydroxylamine groups is 3. The summed E-state index contributed by atoms with van der Waals surface area (Å²) < 4.78 is -0.352. The molecule has 0 saturated heterocycles. The van der Waals surface area contributed by atoms with Gasteiger partial charge in [0.05, 0.1) is 6.29 Å². The molecule has 4 N–H and O–H groups in total. The van der Waals surface area contributed by atoms with Crippen LogP contribution in [0.5, 0.6) is 0 Å². The van der Waals surface area contributed by atoms with E-state index in [9.17, 15) is 4.79 Å². The molecule has 1 aliphatic heterocycles. The maximum Gasteiger partial charge on any atom is 0.361 e. The average molecular weight is 169 g/mol. The van der Waals surface area contributed by atoms with E-state index in [0.717, 1.165) is 0 Å². The molecule has 0 amide bonds. The molecule has 1 heterocycles. The first-order valence-electron chi connectivity index (χ1n) is 3.41. The SMILES string of the molecule is CC(=O)O[N+]1([C-](N)N)C=CC=C1. The van der Waals surface area contributed by atoms with E-state index in [0.29, 0.717) is 0 Å². The molecule has 0 fully saturated rings. The van der Waals surface area contributed by atoms with Crippen LogP contribution in [-0.4, -0.2) is 10.6 Å². The van der Waals surface area contributed by atoms with Crippen molar-refractivity contribution in [3.63, 3.8) is 0 Å². The van der Waals surface area contributed by atoms with E-state index >= 15 is 0 Å². The number of hydrogen-bond acceptors (Lipinski definition) is 4. The second-order valence-corrected chi connectivity index (χ2v) is 2.40. The molecule has 0 aromatic rings. The van der Waals surface area contributed by atoms with Gasteiger partial charge >= 0.3 is 5.97 Å². The Morgan fingerprint density at radius 2 is 1.92 bits per heavy atom. The quantitative estimate of drug-likeness (QED) is 0.439. The minimum absolute atomic E-state index is 0.00444. The van der Waals surface area contributed by atoms with Crippen molar-refractivity contribution in [1.29, 1.82) is 0 Å². The summed E-state index contributed by atoms with van der Waals surface area (Å²) in [5.41, 5.74) is 10.7. The van der Waals surface area contributed by atoms with E-state index in [-0.39, 0.29) is 10.9 Å². The highest BCUT2D eigenvalue weighted by Crippen LogP contribution is 2.20. The van der Waals surface area contributed by atoms with Crippen LogP contribution in [0.4, 0.5) is 0 Å². The molecule has 1 aliphatic rings. The lowest BCUT2D eigenvalue weighted by molar-refractivity contribution is -0.996. The average Bonchev–Trinajstić information content (AvgIpc) is 2.35. The number of nitrogens with two attached hydrogens (primary N) is 2. The van der Waals surface area contributed by atoms with Crippen LogP contribution in [0.1, 0.15) is 6.92 Å². The molecule has 0 saturated carbocycles. The number of hydrogen-bond donors (Lipinski definition) is 2. The molecule has 1 rings (SSSR count). The molecule has 0 aliphatic carbocycles. The van der Waals surface area contributed by atoms with Gasteiger partial charge in [-0.15, -0.1) is 0 Å². The molecule has 12 heavy (non-hydrogen) atoms. The van der Waals surface area contributed by atoms with Gasteiger partial charge in [-0.1, -0.05) is 0 Å². The number of allylic oxidation sites excluding steroid dienone is 2. The summed E-state index contributed by atoms with van der Waals surface area (Å²) in [7, 11) is 0. The number of carbonyl (C=O) groups is 1. The maximum absolute atomic E-state index is 10.7.